The lowest BCUT2D eigenvalue weighted by Crippen LogP contribution is -2.03. The molecule has 2 rings (SSSR count). The van der Waals surface area contributed by atoms with Crippen LogP contribution in [0.15, 0.2) is 12.1 Å². The van der Waals surface area contributed by atoms with Gasteiger partial charge in [0.1, 0.15) is 9.22 Å². The molecule has 0 aliphatic carbocycles. The Balaban J connectivity index is 2.78. The molecule has 78 valence electrons. The fourth-order valence-corrected chi connectivity index (χ4v) is 1.91. The molecular formula is C9H8IN3O2. The minimum Gasteiger partial charge on any atom is -0.465 e. The Labute approximate surface area is 99.1 Å². The highest BCUT2D eigenvalue weighted by Gasteiger charge is 2.15. The Morgan fingerprint density at radius 1 is 1.60 bits per heavy atom. The molecule has 2 aromatic rings. The van der Waals surface area contributed by atoms with Crippen molar-refractivity contribution in [2.45, 2.75) is 0 Å². The molecule has 0 saturated heterocycles. The second-order valence-corrected chi connectivity index (χ2v) is 4.07. The fraction of sp³-hybridized carbons (Fsp3) is 0.111. The normalized spacial score (nSPS) is 10.5. The highest BCUT2D eigenvalue weighted by atomic mass is 127. The number of rotatable bonds is 1. The maximum Gasteiger partial charge on any atom is 0.340 e. The van der Waals surface area contributed by atoms with Gasteiger partial charge < -0.3 is 10.5 Å². The minimum absolute atomic E-state index is 0.381. The molecule has 0 fully saturated rings. The zero-order chi connectivity index (χ0) is 11.0. The molecule has 0 radical (unpaired) electrons. The molecule has 3 N–H and O–H groups in total. The van der Waals surface area contributed by atoms with E-state index in [4.69, 9.17) is 5.73 Å². The van der Waals surface area contributed by atoms with E-state index < -0.39 is 5.97 Å². The Morgan fingerprint density at radius 3 is 3.00 bits per heavy atom. The number of carbonyl (C=O) groups excluding carboxylic acids is 1. The van der Waals surface area contributed by atoms with Crippen LogP contribution in [0.4, 0.5) is 5.69 Å². The second-order valence-electron chi connectivity index (χ2n) is 2.99. The van der Waals surface area contributed by atoms with Gasteiger partial charge in [0.05, 0.1) is 12.7 Å². The summed E-state index contributed by atoms with van der Waals surface area (Å²) in [5, 5.41) is 7.67. The monoisotopic (exact) mass is 317 g/mol. The number of nitrogens with one attached hydrogen (secondary N) is 1. The van der Waals surface area contributed by atoms with Crippen LogP contribution in [-0.2, 0) is 4.74 Å². The third-order valence-corrected chi connectivity index (χ3v) is 2.86. The smallest absolute Gasteiger partial charge is 0.340 e. The Bertz CT molecular complexity index is 535. The highest BCUT2D eigenvalue weighted by Crippen LogP contribution is 2.24. The van der Waals surface area contributed by atoms with Crippen molar-refractivity contribution in [1.29, 1.82) is 0 Å². The van der Waals surface area contributed by atoms with Gasteiger partial charge in [-0.15, -0.1) is 0 Å². The van der Waals surface area contributed by atoms with Gasteiger partial charge >= 0.3 is 5.97 Å². The number of ether oxygens (including phenoxy) is 1. The van der Waals surface area contributed by atoms with Crippen LogP contribution in [0.3, 0.4) is 0 Å². The van der Waals surface area contributed by atoms with Crippen LogP contribution in [0, 0.1) is 3.70 Å². The average molecular weight is 317 g/mol. The number of carbonyl (C=O) groups is 1. The van der Waals surface area contributed by atoms with Crippen molar-refractivity contribution >= 4 is 45.2 Å². The number of fused-ring (bicyclic) bond motifs is 1. The van der Waals surface area contributed by atoms with Gasteiger partial charge in [-0.25, -0.2) is 4.79 Å². The minimum atomic E-state index is -0.435. The largest absolute Gasteiger partial charge is 0.465 e. The molecule has 1 aromatic carbocycles. The predicted octanol–water partition coefficient (Wildman–Crippen LogP) is 1.54. The molecule has 1 aromatic heterocycles. The summed E-state index contributed by atoms with van der Waals surface area (Å²) in [7, 11) is 1.33. The highest BCUT2D eigenvalue weighted by molar-refractivity contribution is 14.1. The van der Waals surface area contributed by atoms with Crippen molar-refractivity contribution in [2.75, 3.05) is 12.8 Å². The van der Waals surface area contributed by atoms with Crippen LogP contribution in [0.2, 0.25) is 0 Å². The van der Waals surface area contributed by atoms with Gasteiger partial charge in [-0.1, -0.05) is 0 Å². The first-order valence-corrected chi connectivity index (χ1v) is 5.22. The first kappa shape index (κ1) is 10.2. The Kier molecular flexibility index (Phi) is 2.51. The summed E-state index contributed by atoms with van der Waals surface area (Å²) in [6, 6.07) is 3.33. The van der Waals surface area contributed by atoms with E-state index in [1.165, 1.54) is 7.11 Å². The van der Waals surface area contributed by atoms with Gasteiger partial charge in [0.2, 0.25) is 0 Å². The lowest BCUT2D eigenvalue weighted by molar-refractivity contribution is 0.0603. The van der Waals surface area contributed by atoms with Crippen molar-refractivity contribution in [3.05, 3.63) is 21.4 Å². The SMILES string of the molecule is COC(=O)c1cc(N)cc2c(I)[nH]nc12. The summed E-state index contributed by atoms with van der Waals surface area (Å²) in [6.07, 6.45) is 0. The zero-order valence-corrected chi connectivity index (χ0v) is 10.0. The van der Waals surface area contributed by atoms with Gasteiger partial charge in [0.25, 0.3) is 0 Å². The summed E-state index contributed by atoms with van der Waals surface area (Å²) in [6.45, 7) is 0. The van der Waals surface area contributed by atoms with Crippen LogP contribution in [-0.4, -0.2) is 23.3 Å². The van der Waals surface area contributed by atoms with Crippen molar-refractivity contribution in [3.63, 3.8) is 0 Å². The van der Waals surface area contributed by atoms with Crippen LogP contribution < -0.4 is 5.73 Å². The molecule has 1 heterocycles. The zero-order valence-electron chi connectivity index (χ0n) is 7.87. The first-order chi connectivity index (χ1) is 7.13. The molecule has 0 spiro atoms. The summed E-state index contributed by atoms with van der Waals surface area (Å²) in [5.41, 5.74) is 7.17. The number of nitrogens with zero attached hydrogens (tertiary/aromatic N) is 1. The van der Waals surface area contributed by atoms with Gasteiger partial charge in [-0.3, -0.25) is 5.10 Å². The number of methoxy groups -OCH3 is 1. The van der Waals surface area contributed by atoms with Crippen molar-refractivity contribution in [1.82, 2.24) is 10.2 Å². The van der Waals surface area contributed by atoms with Crippen LogP contribution in [0.25, 0.3) is 10.9 Å². The molecule has 0 atom stereocenters. The van der Waals surface area contributed by atoms with Crippen molar-refractivity contribution < 1.29 is 9.53 Å². The number of halogens is 1. The van der Waals surface area contributed by atoms with E-state index >= 15 is 0 Å². The molecule has 0 amide bonds. The number of H-pyrrole nitrogens is 1. The lowest BCUT2D eigenvalue weighted by Gasteiger charge is -2.01. The maximum absolute atomic E-state index is 11.5. The van der Waals surface area contributed by atoms with E-state index in [2.05, 4.69) is 37.5 Å². The Morgan fingerprint density at radius 2 is 2.33 bits per heavy atom. The van der Waals surface area contributed by atoms with E-state index in [0.29, 0.717) is 16.8 Å². The van der Waals surface area contributed by atoms with Crippen molar-refractivity contribution in [3.8, 4) is 0 Å². The Hall–Kier alpha value is -1.31. The van der Waals surface area contributed by atoms with Gasteiger partial charge in [0, 0.05) is 11.1 Å². The van der Waals surface area contributed by atoms with E-state index in [1.807, 2.05) is 0 Å². The van der Waals surface area contributed by atoms with E-state index in [9.17, 15) is 4.79 Å². The first-order valence-electron chi connectivity index (χ1n) is 4.15. The molecule has 0 bridgehead atoms. The van der Waals surface area contributed by atoms with Gasteiger partial charge in [-0.05, 0) is 34.7 Å². The number of aromatic nitrogens is 2. The van der Waals surface area contributed by atoms with E-state index in [0.717, 1.165) is 9.09 Å². The number of hydrogen-bond acceptors (Lipinski definition) is 4. The fourth-order valence-electron chi connectivity index (χ4n) is 1.38. The summed E-state index contributed by atoms with van der Waals surface area (Å²) >= 11 is 2.10. The second kappa shape index (κ2) is 3.69. The van der Waals surface area contributed by atoms with Gasteiger partial charge in [0.15, 0.2) is 0 Å². The molecule has 0 aliphatic heterocycles. The number of aromatic amines is 1. The van der Waals surface area contributed by atoms with Crippen LogP contribution >= 0.6 is 22.6 Å². The number of benzene rings is 1. The third kappa shape index (κ3) is 1.65. The summed E-state index contributed by atoms with van der Waals surface area (Å²) in [5.74, 6) is -0.435. The summed E-state index contributed by atoms with van der Waals surface area (Å²) < 4.78 is 5.51. The molecule has 5 nitrogen and oxygen atoms in total. The van der Waals surface area contributed by atoms with E-state index in [1.54, 1.807) is 12.1 Å². The van der Waals surface area contributed by atoms with Crippen LogP contribution in [0.5, 0.6) is 0 Å². The predicted molar refractivity (Wildman–Crippen MR) is 64.6 cm³/mol. The molecule has 6 heteroatoms. The standard InChI is InChI=1S/C9H8IN3O2/c1-15-9(14)6-3-4(11)2-5-7(6)12-13-8(5)10/h2-3H,11H2,1H3,(H,12,13). The molecule has 0 unspecified atom stereocenters. The van der Waals surface area contributed by atoms with E-state index in [-0.39, 0.29) is 0 Å². The number of nitrogen functional groups attached to an aromatic ring is 1. The summed E-state index contributed by atoms with van der Waals surface area (Å²) in [4.78, 5) is 11.5. The third-order valence-electron chi connectivity index (χ3n) is 2.04. The molecule has 15 heavy (non-hydrogen) atoms. The lowest BCUT2D eigenvalue weighted by atomic mass is 10.1. The number of nitrogens with two attached hydrogens (primary N) is 1. The molecular weight excluding hydrogens is 309 g/mol. The van der Waals surface area contributed by atoms with Crippen LogP contribution in [0.1, 0.15) is 10.4 Å². The molecule has 0 saturated carbocycles. The number of esters is 1. The van der Waals surface area contributed by atoms with Gasteiger partial charge in [-0.2, -0.15) is 5.10 Å². The maximum atomic E-state index is 11.5. The quantitative estimate of drug-likeness (QED) is 0.475. The van der Waals surface area contributed by atoms with Crippen molar-refractivity contribution in [2.24, 2.45) is 0 Å². The number of anilines is 1. The number of hydrogen-bond donors (Lipinski definition) is 2. The topological polar surface area (TPSA) is 81.0 Å². The average Bonchev–Trinajstić information content (AvgIpc) is 2.58. The molecule has 0 aliphatic rings.